The number of allylic oxidation sites excluding steroid dienone is 16. The first-order valence-electron chi connectivity index (χ1n) is 31.2. The molecule has 0 spiro atoms. The minimum atomic E-state index is -1.92. The van der Waals surface area contributed by atoms with Gasteiger partial charge in [-0.1, -0.05) is 221 Å². The largest absolute Gasteiger partial charge is 0.479 e. The average Bonchev–Trinajstić information content (AvgIpc) is 3.47. The molecule has 12 heteroatoms. The van der Waals surface area contributed by atoms with Gasteiger partial charge in [0.05, 0.1) is 6.61 Å². The lowest BCUT2D eigenvalue weighted by molar-refractivity contribution is -0.301. The number of aliphatic carboxylic acids is 1. The number of hydrogen-bond acceptors (Lipinski definition) is 11. The van der Waals surface area contributed by atoms with Gasteiger partial charge < -0.3 is 39.0 Å². The molecule has 6 atom stereocenters. The van der Waals surface area contributed by atoms with E-state index >= 15 is 0 Å². The Bertz CT molecular complexity index is 1740. The van der Waals surface area contributed by atoms with Crippen molar-refractivity contribution in [1.29, 1.82) is 0 Å². The fraction of sp³-hybridized carbons (Fsp3) is 0.701. The van der Waals surface area contributed by atoms with Crippen LogP contribution in [0.3, 0.4) is 0 Å². The molecule has 0 amide bonds. The zero-order valence-corrected chi connectivity index (χ0v) is 49.6. The zero-order valence-electron chi connectivity index (χ0n) is 49.6. The fourth-order valence-electron chi connectivity index (χ4n) is 8.85. The van der Waals surface area contributed by atoms with E-state index in [2.05, 4.69) is 106 Å². The topological polar surface area (TPSA) is 175 Å². The number of rotatable bonds is 52. The predicted octanol–water partition coefficient (Wildman–Crippen LogP) is 16.5. The van der Waals surface area contributed by atoms with Crippen molar-refractivity contribution in [2.24, 2.45) is 0 Å². The molecule has 79 heavy (non-hydrogen) atoms. The maximum atomic E-state index is 13.1. The lowest BCUT2D eigenvalue weighted by Crippen LogP contribution is -2.61. The van der Waals surface area contributed by atoms with Gasteiger partial charge in [0, 0.05) is 19.3 Å². The Kier molecular flexibility index (Phi) is 49.9. The molecule has 1 rings (SSSR count). The van der Waals surface area contributed by atoms with E-state index in [1.54, 1.807) is 0 Å². The van der Waals surface area contributed by atoms with E-state index < -0.39 is 67.3 Å². The molecule has 1 fully saturated rings. The van der Waals surface area contributed by atoms with Gasteiger partial charge in [0.2, 0.25) is 0 Å². The summed E-state index contributed by atoms with van der Waals surface area (Å²) in [5.41, 5.74) is 0. The van der Waals surface area contributed by atoms with Crippen molar-refractivity contribution in [3.05, 3.63) is 97.2 Å². The quantitative estimate of drug-likeness (QED) is 0.0228. The Morgan fingerprint density at radius 2 is 0.823 bits per heavy atom. The van der Waals surface area contributed by atoms with E-state index in [0.717, 1.165) is 116 Å². The van der Waals surface area contributed by atoms with Gasteiger partial charge in [-0.25, -0.2) is 4.79 Å². The normalized spacial score (nSPS) is 18.5. The standard InChI is InChI=1S/C67H110O12/c1-4-7-10-13-16-19-22-25-27-29-30-32-33-36-38-41-44-47-50-53-59(68)75-56-58(77-60(69)54-51-48-45-42-39-35-24-21-18-15-12-9-6-3)57-76-67-65(63(72)62(71)64(79-67)66(73)74)78-61(70)55-52-49-46-43-40-37-34-31-28-26-23-20-17-14-11-8-5-2/h7,10,16,19,21,24-28,30,32,36,38,44,47,58,62-65,67,71-72H,4-6,8-9,11-15,17-18,20,22-23,29,31,33-35,37,39-43,45-46,48-57H2,1-3H3,(H,73,74)/b10-7-,19-16-,24-21-,27-25-,28-26-,32-30-,38-36-,47-44-. The number of hydrogen-bond donors (Lipinski definition) is 3. The van der Waals surface area contributed by atoms with E-state index in [4.69, 9.17) is 23.7 Å². The van der Waals surface area contributed by atoms with Gasteiger partial charge in [-0.15, -0.1) is 0 Å². The highest BCUT2D eigenvalue weighted by Crippen LogP contribution is 2.26. The van der Waals surface area contributed by atoms with E-state index in [1.807, 2.05) is 12.2 Å². The van der Waals surface area contributed by atoms with Crippen LogP contribution in [0, 0.1) is 0 Å². The van der Waals surface area contributed by atoms with Crippen LogP contribution in [0.1, 0.15) is 252 Å². The highest BCUT2D eigenvalue weighted by atomic mass is 16.7. The lowest BCUT2D eigenvalue weighted by Gasteiger charge is -2.40. The highest BCUT2D eigenvalue weighted by Gasteiger charge is 2.50. The molecule has 12 nitrogen and oxygen atoms in total. The number of carbonyl (C=O) groups excluding carboxylic acids is 3. The molecule has 0 aromatic carbocycles. The average molecular weight is 1110 g/mol. The summed E-state index contributed by atoms with van der Waals surface area (Å²) in [6.07, 6.45) is 59.5. The van der Waals surface area contributed by atoms with Crippen molar-refractivity contribution in [1.82, 2.24) is 0 Å². The van der Waals surface area contributed by atoms with Crippen molar-refractivity contribution in [3.8, 4) is 0 Å². The van der Waals surface area contributed by atoms with Gasteiger partial charge >= 0.3 is 23.9 Å². The summed E-state index contributed by atoms with van der Waals surface area (Å²) in [4.78, 5) is 51.2. The molecule has 0 radical (unpaired) electrons. The van der Waals surface area contributed by atoms with Gasteiger partial charge in [-0.3, -0.25) is 14.4 Å². The number of carboxylic acid groups (broad SMARTS) is 1. The lowest BCUT2D eigenvalue weighted by atomic mass is 9.98. The molecule has 0 saturated carbocycles. The van der Waals surface area contributed by atoms with Crippen LogP contribution in [0.25, 0.3) is 0 Å². The summed E-state index contributed by atoms with van der Waals surface area (Å²) < 4.78 is 28.4. The number of aliphatic hydroxyl groups excluding tert-OH is 2. The Morgan fingerprint density at radius 3 is 1.28 bits per heavy atom. The van der Waals surface area contributed by atoms with E-state index in [1.165, 1.54) is 77.0 Å². The molecule has 1 aliphatic heterocycles. The molecule has 1 aliphatic rings. The summed E-state index contributed by atoms with van der Waals surface area (Å²) in [5, 5.41) is 31.5. The molecule has 0 aromatic rings. The minimum absolute atomic E-state index is 0.0444. The summed E-state index contributed by atoms with van der Waals surface area (Å²) in [6.45, 7) is 5.79. The van der Waals surface area contributed by atoms with Crippen LogP contribution in [0.2, 0.25) is 0 Å². The molecule has 3 N–H and O–H groups in total. The van der Waals surface area contributed by atoms with Crippen molar-refractivity contribution >= 4 is 23.9 Å². The first kappa shape index (κ1) is 72.7. The maximum absolute atomic E-state index is 13.1. The molecular formula is C67H110O12. The van der Waals surface area contributed by atoms with E-state index in [9.17, 15) is 34.5 Å². The van der Waals surface area contributed by atoms with Crippen LogP contribution in [0.5, 0.6) is 0 Å². The zero-order chi connectivity index (χ0) is 57.5. The predicted molar refractivity (Wildman–Crippen MR) is 321 cm³/mol. The van der Waals surface area contributed by atoms with Crippen LogP contribution in [-0.2, 0) is 42.9 Å². The van der Waals surface area contributed by atoms with Crippen LogP contribution in [-0.4, -0.2) is 89.2 Å². The van der Waals surface area contributed by atoms with Crippen LogP contribution < -0.4 is 0 Å². The summed E-state index contributed by atoms with van der Waals surface area (Å²) in [6, 6.07) is 0. The van der Waals surface area contributed by atoms with Crippen molar-refractivity contribution in [2.75, 3.05) is 13.2 Å². The second-order valence-electron chi connectivity index (χ2n) is 20.9. The van der Waals surface area contributed by atoms with Gasteiger partial charge in [-0.2, -0.15) is 0 Å². The third kappa shape index (κ3) is 44.0. The third-order valence-corrected chi connectivity index (χ3v) is 13.6. The fourth-order valence-corrected chi connectivity index (χ4v) is 8.85. The summed E-state index contributed by atoms with van der Waals surface area (Å²) >= 11 is 0. The summed E-state index contributed by atoms with van der Waals surface area (Å²) in [5.74, 6) is -3.25. The van der Waals surface area contributed by atoms with Crippen LogP contribution >= 0.6 is 0 Å². The Balaban J connectivity index is 2.72. The second-order valence-corrected chi connectivity index (χ2v) is 20.9. The summed E-state index contributed by atoms with van der Waals surface area (Å²) in [7, 11) is 0. The highest BCUT2D eigenvalue weighted by molar-refractivity contribution is 5.74. The Labute approximate surface area is 479 Å². The number of aliphatic hydroxyl groups is 2. The van der Waals surface area contributed by atoms with Gasteiger partial charge in [-0.05, 0) is 109 Å². The Morgan fingerprint density at radius 1 is 0.430 bits per heavy atom. The van der Waals surface area contributed by atoms with Crippen molar-refractivity contribution in [3.63, 3.8) is 0 Å². The van der Waals surface area contributed by atoms with Gasteiger partial charge in [0.15, 0.2) is 24.6 Å². The monoisotopic (exact) mass is 1110 g/mol. The molecular weight excluding hydrogens is 997 g/mol. The molecule has 1 saturated heterocycles. The third-order valence-electron chi connectivity index (χ3n) is 13.6. The first-order valence-corrected chi connectivity index (χ1v) is 31.2. The number of carboxylic acids is 1. The minimum Gasteiger partial charge on any atom is -0.479 e. The maximum Gasteiger partial charge on any atom is 0.335 e. The number of esters is 3. The molecule has 0 bridgehead atoms. The number of ether oxygens (including phenoxy) is 5. The molecule has 0 aliphatic carbocycles. The molecule has 6 unspecified atom stereocenters. The second kappa shape index (κ2) is 54.2. The molecule has 450 valence electrons. The van der Waals surface area contributed by atoms with Crippen molar-refractivity contribution < 1.29 is 58.2 Å². The molecule has 1 heterocycles. The Hall–Kier alpha value is -4.36. The van der Waals surface area contributed by atoms with E-state index in [0.29, 0.717) is 19.3 Å². The van der Waals surface area contributed by atoms with Gasteiger partial charge in [0.25, 0.3) is 0 Å². The first-order chi connectivity index (χ1) is 38.6. The van der Waals surface area contributed by atoms with Crippen molar-refractivity contribution in [2.45, 2.75) is 289 Å². The smallest absolute Gasteiger partial charge is 0.335 e. The number of unbranched alkanes of at least 4 members (excludes halogenated alkanes) is 22. The van der Waals surface area contributed by atoms with Crippen LogP contribution in [0.4, 0.5) is 0 Å². The SMILES string of the molecule is CC/C=C\C/C=C\C/C=C\C/C=C\C/C=C\C/C=C\CCC(=O)OCC(COC1OC(C(=O)O)C(O)C(O)C1OC(=O)CCCCCCCCC/C=C\CCCCCCCC)OC(=O)CCCCCCC/C=C\CCCCCC. The number of carbonyl (C=O) groups is 4. The molecule has 0 aromatic heterocycles. The van der Waals surface area contributed by atoms with Crippen LogP contribution in [0.15, 0.2) is 97.2 Å². The van der Waals surface area contributed by atoms with E-state index in [-0.39, 0.29) is 25.9 Å². The van der Waals surface area contributed by atoms with Gasteiger partial charge in [0.1, 0.15) is 18.8 Å².